The van der Waals surface area contributed by atoms with Crippen molar-refractivity contribution >= 4 is 35.2 Å². The molecule has 0 fully saturated rings. The molecule has 0 aliphatic heterocycles. The molecule has 29 heavy (non-hydrogen) atoms. The van der Waals surface area contributed by atoms with Crippen molar-refractivity contribution in [1.82, 2.24) is 4.98 Å². The lowest BCUT2D eigenvalue weighted by Gasteiger charge is -2.20. The van der Waals surface area contributed by atoms with E-state index in [4.69, 9.17) is 19.5 Å². The van der Waals surface area contributed by atoms with Crippen LogP contribution in [-0.2, 0) is 6.37 Å². The molecule has 0 aliphatic rings. The number of nitrogens with zero attached hydrogens (tertiary/aromatic N) is 1. The molecule has 0 bridgehead atoms. The van der Waals surface area contributed by atoms with E-state index < -0.39 is 46.0 Å². The standard InChI is InChI=1S/C26H31NOSi/c1-17-14-21(27-16-18(17)15-26(2,3)4)19-12-13-23(29(5,6)7)24-20-10-8-9-11-22(20)28-25(19)24/h8-14,16H,15H2,1-7H3/i2D3,3D3,4D3,15D2. The van der Waals surface area contributed by atoms with Crippen molar-refractivity contribution in [1.29, 1.82) is 0 Å². The lowest BCUT2D eigenvalue weighted by molar-refractivity contribution is 0.410. The average Bonchev–Trinajstić information content (AvgIpc) is 3.14. The van der Waals surface area contributed by atoms with Gasteiger partial charge < -0.3 is 4.42 Å². The predicted molar refractivity (Wildman–Crippen MR) is 128 cm³/mol. The first-order valence-electron chi connectivity index (χ1n) is 15.0. The molecule has 0 amide bonds. The summed E-state index contributed by atoms with van der Waals surface area (Å²) in [5, 5.41) is 3.12. The molecule has 3 heteroatoms. The summed E-state index contributed by atoms with van der Waals surface area (Å²) in [4.78, 5) is 4.41. The van der Waals surface area contributed by atoms with Crippen molar-refractivity contribution in [3.63, 3.8) is 0 Å². The molecule has 4 aromatic rings. The number of rotatable bonds is 3. The highest BCUT2D eigenvalue weighted by Crippen LogP contribution is 2.36. The van der Waals surface area contributed by atoms with E-state index in [1.165, 1.54) is 18.2 Å². The summed E-state index contributed by atoms with van der Waals surface area (Å²) in [6.07, 6.45) is -2.29. The van der Waals surface area contributed by atoms with Crippen LogP contribution in [0.1, 0.15) is 46.8 Å². The molecule has 2 aromatic heterocycles. The zero-order chi connectivity index (χ0) is 30.3. The highest BCUT2D eigenvalue weighted by atomic mass is 28.3. The number of furan rings is 1. The summed E-state index contributed by atoms with van der Waals surface area (Å²) < 4.78 is 95.5. The zero-order valence-corrected chi connectivity index (χ0v) is 18.0. The second-order valence-corrected chi connectivity index (χ2v) is 13.5. The van der Waals surface area contributed by atoms with Gasteiger partial charge in [-0.3, -0.25) is 4.98 Å². The van der Waals surface area contributed by atoms with Gasteiger partial charge in [0.2, 0.25) is 0 Å². The van der Waals surface area contributed by atoms with Crippen molar-refractivity contribution in [2.75, 3.05) is 0 Å². The molecule has 0 N–H and O–H groups in total. The molecule has 0 saturated carbocycles. The Morgan fingerprint density at radius 3 is 2.55 bits per heavy atom. The smallest absolute Gasteiger partial charge is 0.144 e. The van der Waals surface area contributed by atoms with E-state index in [9.17, 15) is 0 Å². The van der Waals surface area contributed by atoms with E-state index >= 15 is 0 Å². The molecule has 0 unspecified atom stereocenters. The van der Waals surface area contributed by atoms with Gasteiger partial charge in [0.05, 0.1) is 13.8 Å². The van der Waals surface area contributed by atoms with Crippen molar-refractivity contribution < 1.29 is 19.5 Å². The third-order valence-corrected chi connectivity index (χ3v) is 7.08. The molecular formula is C26H31NOSi. The number of fused-ring (bicyclic) bond motifs is 3. The summed E-state index contributed by atoms with van der Waals surface area (Å²) in [6.45, 7) is -2.93. The van der Waals surface area contributed by atoms with Crippen LogP contribution >= 0.6 is 0 Å². The molecule has 150 valence electrons. The number of hydrogen-bond donors (Lipinski definition) is 0. The van der Waals surface area contributed by atoms with Crippen molar-refractivity contribution in [2.45, 2.75) is 53.5 Å². The second kappa shape index (κ2) is 6.84. The fourth-order valence-corrected chi connectivity index (χ4v) is 5.27. The van der Waals surface area contributed by atoms with Crippen molar-refractivity contribution in [2.24, 2.45) is 5.41 Å². The van der Waals surface area contributed by atoms with Gasteiger partial charge in [-0.2, -0.15) is 0 Å². The summed E-state index contributed by atoms with van der Waals surface area (Å²) in [7, 11) is -1.81. The van der Waals surface area contributed by atoms with Gasteiger partial charge in [0, 0.05) is 37.6 Å². The largest absolute Gasteiger partial charge is 0.455 e. The molecule has 0 radical (unpaired) electrons. The molecule has 0 saturated heterocycles. The molecule has 2 nitrogen and oxygen atoms in total. The van der Waals surface area contributed by atoms with Gasteiger partial charge in [-0.15, -0.1) is 0 Å². The van der Waals surface area contributed by atoms with E-state index in [1.807, 2.05) is 36.4 Å². The molecule has 0 spiro atoms. The number of para-hydroxylation sites is 1. The fraction of sp³-hybridized carbons (Fsp3) is 0.346. The van der Waals surface area contributed by atoms with Crippen LogP contribution in [0.15, 0.2) is 53.1 Å². The van der Waals surface area contributed by atoms with Crippen LogP contribution in [0.2, 0.25) is 19.6 Å². The lowest BCUT2D eigenvalue weighted by Crippen LogP contribution is -2.37. The zero-order valence-electron chi connectivity index (χ0n) is 28.0. The second-order valence-electron chi connectivity index (χ2n) is 8.47. The van der Waals surface area contributed by atoms with Crippen molar-refractivity contribution in [3.8, 4) is 11.3 Å². The Morgan fingerprint density at radius 1 is 1.10 bits per heavy atom. The van der Waals surface area contributed by atoms with Gasteiger partial charge in [0.1, 0.15) is 11.2 Å². The first-order chi connectivity index (χ1) is 18.1. The van der Waals surface area contributed by atoms with Gasteiger partial charge >= 0.3 is 0 Å². The maximum atomic E-state index is 8.79. The third kappa shape index (κ3) is 3.76. The molecule has 2 heterocycles. The third-order valence-electron chi connectivity index (χ3n) is 5.04. The molecule has 2 aromatic carbocycles. The quantitative estimate of drug-likeness (QED) is 0.336. The average molecular weight is 413 g/mol. The van der Waals surface area contributed by atoms with Gasteiger partial charge in [-0.05, 0) is 53.2 Å². The Kier molecular flexibility index (Phi) is 2.50. The van der Waals surface area contributed by atoms with Crippen LogP contribution in [0.25, 0.3) is 33.2 Å². The molecule has 0 atom stereocenters. The maximum Gasteiger partial charge on any atom is 0.144 e. The first kappa shape index (κ1) is 10.6. The van der Waals surface area contributed by atoms with Crippen LogP contribution in [0.5, 0.6) is 0 Å². The number of pyridine rings is 1. The number of hydrogen-bond acceptors (Lipinski definition) is 2. The Morgan fingerprint density at radius 2 is 1.86 bits per heavy atom. The SMILES string of the molecule is [2H]C([2H])([2H])C(C([2H])([2H])[2H])(C([2H])([2H])[2H])C([2H])([2H])c1cnc(-c2ccc([Si](C)(C)C)c3c2oc2ccccc23)cc1C. The van der Waals surface area contributed by atoms with Gasteiger partial charge in [0.25, 0.3) is 0 Å². The Labute approximate surface area is 190 Å². The molecule has 4 rings (SSSR count). The van der Waals surface area contributed by atoms with E-state index in [-0.39, 0.29) is 5.56 Å². The van der Waals surface area contributed by atoms with Gasteiger partial charge in [-0.1, -0.05) is 64.5 Å². The minimum atomic E-state index is -3.71. The van der Waals surface area contributed by atoms with E-state index in [2.05, 4.69) is 24.6 Å². The fourth-order valence-electron chi connectivity index (χ4n) is 3.69. The Balaban J connectivity index is 1.99. The molecule has 0 aliphatic carbocycles. The van der Waals surface area contributed by atoms with Crippen molar-refractivity contribution in [3.05, 3.63) is 59.8 Å². The van der Waals surface area contributed by atoms with Crippen LogP contribution in [-0.4, -0.2) is 13.1 Å². The minimum absolute atomic E-state index is 0.163. The first-order valence-corrected chi connectivity index (χ1v) is 13.0. The highest BCUT2D eigenvalue weighted by Gasteiger charge is 2.25. The minimum Gasteiger partial charge on any atom is -0.455 e. The number of benzene rings is 2. The Bertz CT molecular complexity index is 1560. The van der Waals surface area contributed by atoms with Crippen LogP contribution in [0.3, 0.4) is 0 Å². The summed E-state index contributed by atoms with van der Waals surface area (Å²) in [6, 6.07) is 13.1. The summed E-state index contributed by atoms with van der Waals surface area (Å²) in [5.41, 5.74) is -1.64. The van der Waals surface area contributed by atoms with E-state index in [1.54, 1.807) is 0 Å². The lowest BCUT2D eigenvalue weighted by atomic mass is 9.87. The topological polar surface area (TPSA) is 26.0 Å². The summed E-state index contributed by atoms with van der Waals surface area (Å²) >= 11 is 0. The van der Waals surface area contributed by atoms with Crippen LogP contribution < -0.4 is 5.19 Å². The Hall–Kier alpha value is -2.39. The van der Waals surface area contributed by atoms with Crippen LogP contribution in [0.4, 0.5) is 0 Å². The van der Waals surface area contributed by atoms with E-state index in [0.29, 0.717) is 22.4 Å². The predicted octanol–water partition coefficient (Wildman–Crippen LogP) is 7.09. The van der Waals surface area contributed by atoms with E-state index in [0.717, 1.165) is 17.0 Å². The van der Waals surface area contributed by atoms with Crippen LogP contribution in [0, 0.1) is 12.3 Å². The number of aromatic nitrogens is 1. The molecular weight excluding hydrogens is 370 g/mol. The number of aryl methyl sites for hydroxylation is 1. The highest BCUT2D eigenvalue weighted by molar-refractivity contribution is 6.90. The van der Waals surface area contributed by atoms with Gasteiger partial charge in [-0.25, -0.2) is 0 Å². The normalized spacial score (nSPS) is 20.2. The monoisotopic (exact) mass is 412 g/mol. The van der Waals surface area contributed by atoms with Gasteiger partial charge in [0.15, 0.2) is 0 Å². The summed E-state index contributed by atoms with van der Waals surface area (Å²) in [5.74, 6) is 0. The maximum absolute atomic E-state index is 8.79.